The number of benzene rings is 3. The van der Waals surface area contributed by atoms with Crippen molar-refractivity contribution >= 4 is 36.1 Å². The van der Waals surface area contributed by atoms with Crippen molar-refractivity contribution in [3.05, 3.63) is 95.3 Å². The minimum Gasteiger partial charge on any atom is -0.489 e. The summed E-state index contributed by atoms with van der Waals surface area (Å²) in [5.74, 6) is 0.352. The fourth-order valence-electron chi connectivity index (χ4n) is 2.82. The minimum absolute atomic E-state index is 0.316. The highest BCUT2D eigenvalue weighted by atomic mass is 79.9. The van der Waals surface area contributed by atoms with Crippen LogP contribution in [0.1, 0.15) is 16.7 Å². The van der Waals surface area contributed by atoms with Crippen molar-refractivity contribution in [3.8, 4) is 5.75 Å². The van der Waals surface area contributed by atoms with E-state index in [2.05, 4.69) is 15.9 Å². The number of fused-ring (bicyclic) bond motifs is 1. The zero-order valence-electron chi connectivity index (χ0n) is 13.6. The highest BCUT2D eigenvalue weighted by Crippen LogP contribution is 2.45. The molecule has 0 spiro atoms. The molecule has 0 aliphatic carbocycles. The second kappa shape index (κ2) is 7.17. The molecular formula is C21H14BrFO2S. The van der Waals surface area contributed by atoms with Crippen LogP contribution in [0.4, 0.5) is 4.39 Å². The van der Waals surface area contributed by atoms with Gasteiger partial charge in [-0.25, -0.2) is 8.60 Å². The monoisotopic (exact) mass is 428 g/mol. The molecule has 0 aromatic heterocycles. The number of halogens is 2. The molecule has 2 nitrogen and oxygen atoms in total. The van der Waals surface area contributed by atoms with Crippen molar-refractivity contribution < 1.29 is 13.3 Å². The van der Waals surface area contributed by atoms with Gasteiger partial charge < -0.3 is 4.74 Å². The second-order valence-corrected chi connectivity index (χ2v) is 8.03. The van der Waals surface area contributed by atoms with Gasteiger partial charge in [-0.1, -0.05) is 42.5 Å². The molecule has 4 rings (SSSR count). The second-order valence-electron chi connectivity index (χ2n) is 5.85. The molecule has 3 aromatic rings. The average molecular weight is 429 g/mol. The fraction of sp³-hybridized carbons (Fsp3) is 0.0476. The summed E-state index contributed by atoms with van der Waals surface area (Å²) in [7, 11) is -1.35. The van der Waals surface area contributed by atoms with E-state index in [1.165, 1.54) is 12.1 Å². The van der Waals surface area contributed by atoms with Crippen molar-refractivity contribution in [2.24, 2.45) is 0 Å². The molecule has 1 aliphatic heterocycles. The lowest BCUT2D eigenvalue weighted by molar-refractivity contribution is 0.305. The predicted molar refractivity (Wildman–Crippen MR) is 106 cm³/mol. The Morgan fingerprint density at radius 1 is 0.962 bits per heavy atom. The number of hydrogen-bond donors (Lipinski definition) is 0. The summed E-state index contributed by atoms with van der Waals surface area (Å²) in [5, 5.41) is 0. The third-order valence-electron chi connectivity index (χ3n) is 4.13. The van der Waals surface area contributed by atoms with Gasteiger partial charge >= 0.3 is 0 Å². The minimum atomic E-state index is -1.35. The summed E-state index contributed by atoms with van der Waals surface area (Å²) in [5.41, 5.74) is 2.68. The molecule has 0 N–H and O–H groups in total. The molecule has 130 valence electrons. The molecule has 1 unspecified atom stereocenters. The van der Waals surface area contributed by atoms with Crippen LogP contribution in [0.2, 0.25) is 0 Å². The Labute approximate surface area is 161 Å². The highest BCUT2D eigenvalue weighted by Gasteiger charge is 2.28. The van der Waals surface area contributed by atoms with Crippen LogP contribution < -0.4 is 4.74 Å². The van der Waals surface area contributed by atoms with Gasteiger partial charge in [-0.15, -0.1) is 0 Å². The van der Waals surface area contributed by atoms with Crippen molar-refractivity contribution in [1.82, 2.24) is 0 Å². The quantitative estimate of drug-likeness (QED) is 0.528. The van der Waals surface area contributed by atoms with E-state index in [0.29, 0.717) is 22.2 Å². The van der Waals surface area contributed by atoms with Gasteiger partial charge in [0.15, 0.2) is 0 Å². The maximum Gasteiger partial charge on any atom is 0.123 e. The molecule has 1 atom stereocenters. The highest BCUT2D eigenvalue weighted by molar-refractivity contribution is 9.15. The lowest BCUT2D eigenvalue weighted by Gasteiger charge is -2.08. The maximum atomic E-state index is 13.2. The normalized spacial score (nSPS) is 15.8. The first-order valence-corrected chi connectivity index (χ1v) is 9.96. The standard InChI is InChI=1S/C21H14BrFO2S/c22-20-18-11-10-17(25-13-14-4-2-1-3-5-14)12-19(18)26(24)21(20)15-6-8-16(23)9-7-15/h1-12H,13H2. The lowest BCUT2D eigenvalue weighted by Crippen LogP contribution is -1.97. The van der Waals surface area contributed by atoms with Gasteiger partial charge in [0.1, 0.15) is 18.2 Å². The molecule has 0 saturated heterocycles. The topological polar surface area (TPSA) is 26.3 Å². The summed E-state index contributed by atoms with van der Waals surface area (Å²) >= 11 is 3.55. The van der Waals surface area contributed by atoms with Crippen molar-refractivity contribution in [2.45, 2.75) is 11.5 Å². The Morgan fingerprint density at radius 3 is 2.42 bits per heavy atom. The fourth-order valence-corrected chi connectivity index (χ4v) is 5.40. The van der Waals surface area contributed by atoms with Crippen LogP contribution in [-0.4, -0.2) is 4.21 Å². The third-order valence-corrected chi connectivity index (χ3v) is 6.76. The molecule has 1 aliphatic rings. The van der Waals surface area contributed by atoms with Crippen LogP contribution in [-0.2, 0) is 17.4 Å². The molecule has 0 amide bonds. The van der Waals surface area contributed by atoms with E-state index in [1.54, 1.807) is 12.1 Å². The molecule has 26 heavy (non-hydrogen) atoms. The summed E-state index contributed by atoms with van der Waals surface area (Å²) in [6.45, 7) is 0.450. The Kier molecular flexibility index (Phi) is 4.74. The van der Waals surface area contributed by atoms with Gasteiger partial charge in [0, 0.05) is 10.0 Å². The van der Waals surface area contributed by atoms with Crippen molar-refractivity contribution in [3.63, 3.8) is 0 Å². The van der Waals surface area contributed by atoms with Crippen LogP contribution in [0.25, 0.3) is 9.39 Å². The Morgan fingerprint density at radius 2 is 1.69 bits per heavy atom. The molecule has 0 radical (unpaired) electrons. The largest absolute Gasteiger partial charge is 0.489 e. The van der Waals surface area contributed by atoms with E-state index in [4.69, 9.17) is 4.74 Å². The van der Waals surface area contributed by atoms with Crippen LogP contribution in [0.15, 0.2) is 77.7 Å². The van der Waals surface area contributed by atoms with E-state index in [-0.39, 0.29) is 5.82 Å². The first-order valence-electron chi connectivity index (χ1n) is 8.02. The summed E-state index contributed by atoms with van der Waals surface area (Å²) in [4.78, 5) is 1.35. The zero-order valence-corrected chi connectivity index (χ0v) is 16.0. The average Bonchev–Trinajstić information content (AvgIpc) is 2.92. The number of rotatable bonds is 4. The van der Waals surface area contributed by atoms with E-state index in [1.807, 2.05) is 48.5 Å². The zero-order chi connectivity index (χ0) is 18.1. The van der Waals surface area contributed by atoms with Gasteiger partial charge in [-0.3, -0.25) is 0 Å². The van der Waals surface area contributed by atoms with Gasteiger partial charge in [-0.05, 0) is 57.4 Å². The van der Waals surface area contributed by atoms with Gasteiger partial charge in [0.05, 0.1) is 20.6 Å². The number of hydrogen-bond acceptors (Lipinski definition) is 2. The van der Waals surface area contributed by atoms with Crippen LogP contribution in [0.3, 0.4) is 0 Å². The predicted octanol–water partition coefficient (Wildman–Crippen LogP) is 5.75. The van der Waals surface area contributed by atoms with Crippen LogP contribution in [0.5, 0.6) is 5.75 Å². The van der Waals surface area contributed by atoms with Gasteiger partial charge in [0.2, 0.25) is 0 Å². The Hall–Kier alpha value is -2.24. The maximum absolute atomic E-state index is 13.2. The molecule has 0 bridgehead atoms. The van der Waals surface area contributed by atoms with Gasteiger partial charge in [-0.2, -0.15) is 0 Å². The number of ether oxygens (including phenoxy) is 1. The molecule has 0 saturated carbocycles. The lowest BCUT2D eigenvalue weighted by atomic mass is 10.1. The summed E-state index contributed by atoms with van der Waals surface area (Å²) < 4.78 is 32.8. The summed E-state index contributed by atoms with van der Waals surface area (Å²) in [6.07, 6.45) is 0. The van der Waals surface area contributed by atoms with Crippen molar-refractivity contribution in [2.75, 3.05) is 0 Å². The molecule has 0 fully saturated rings. The SMILES string of the molecule is O=S1C(c2ccc(F)cc2)=C(Br)c2ccc(OCc3ccccc3)cc21. The van der Waals surface area contributed by atoms with E-state index >= 15 is 0 Å². The smallest absolute Gasteiger partial charge is 0.123 e. The first kappa shape index (κ1) is 17.2. The molecule has 1 heterocycles. The van der Waals surface area contributed by atoms with E-state index in [9.17, 15) is 8.60 Å². The van der Waals surface area contributed by atoms with E-state index < -0.39 is 10.8 Å². The molecular weight excluding hydrogens is 415 g/mol. The Balaban J connectivity index is 1.60. The summed E-state index contributed by atoms with van der Waals surface area (Å²) in [6, 6.07) is 21.5. The van der Waals surface area contributed by atoms with E-state index in [0.717, 1.165) is 21.2 Å². The molecule has 5 heteroatoms. The van der Waals surface area contributed by atoms with Gasteiger partial charge in [0.25, 0.3) is 0 Å². The van der Waals surface area contributed by atoms with Crippen LogP contribution in [0, 0.1) is 5.82 Å². The Bertz CT molecular complexity index is 1010. The van der Waals surface area contributed by atoms with Crippen LogP contribution >= 0.6 is 15.9 Å². The van der Waals surface area contributed by atoms with Crippen molar-refractivity contribution in [1.29, 1.82) is 0 Å². The molecule has 3 aromatic carbocycles. The third kappa shape index (κ3) is 3.24. The first-order chi connectivity index (χ1) is 12.6.